The van der Waals surface area contributed by atoms with E-state index in [-0.39, 0.29) is 17.5 Å². The van der Waals surface area contributed by atoms with E-state index in [9.17, 15) is 22.0 Å². The highest BCUT2D eigenvalue weighted by atomic mass is 19.4. The molecule has 3 aromatic carbocycles. The maximum absolute atomic E-state index is 13.8. The number of ether oxygens (including phenoxy) is 1. The molecule has 0 bridgehead atoms. The number of hydrogen-bond donors (Lipinski definition) is 0. The van der Waals surface area contributed by atoms with Gasteiger partial charge in [0.15, 0.2) is 5.82 Å². The van der Waals surface area contributed by atoms with E-state index in [2.05, 4.69) is 14.9 Å². The van der Waals surface area contributed by atoms with E-state index >= 15 is 0 Å². The normalized spacial score (nSPS) is 11.8. The summed E-state index contributed by atoms with van der Waals surface area (Å²) in [5.74, 6) is -2.05. The lowest BCUT2D eigenvalue weighted by molar-refractivity contribution is -0.274. The Labute approximate surface area is 178 Å². The van der Waals surface area contributed by atoms with Gasteiger partial charge >= 0.3 is 6.36 Å². The second-order valence-electron chi connectivity index (χ2n) is 6.58. The summed E-state index contributed by atoms with van der Waals surface area (Å²) >= 11 is 0. The summed E-state index contributed by atoms with van der Waals surface area (Å²) in [6.07, 6.45) is -1.54. The molecule has 0 atom stereocenters. The van der Waals surface area contributed by atoms with Crippen molar-refractivity contribution >= 4 is 12.2 Å². The standard InChI is InChI=1S/C23H13F5N2O2/c24-18-2-1-3-19(25)21(18)22-29-20(30-32-22)13-6-14-4-7-15(8-5-14)16-9-11-17(12-10-16)31-23(26,27)28/h1-13H/b13-6+. The van der Waals surface area contributed by atoms with Gasteiger partial charge in [-0.1, -0.05) is 53.7 Å². The molecule has 0 spiro atoms. The largest absolute Gasteiger partial charge is 0.573 e. The molecule has 0 saturated heterocycles. The van der Waals surface area contributed by atoms with Gasteiger partial charge in [-0.05, 0) is 47.0 Å². The van der Waals surface area contributed by atoms with E-state index in [1.807, 2.05) is 0 Å². The van der Waals surface area contributed by atoms with E-state index < -0.39 is 23.6 Å². The minimum Gasteiger partial charge on any atom is -0.406 e. The zero-order valence-electron chi connectivity index (χ0n) is 16.1. The summed E-state index contributed by atoms with van der Waals surface area (Å²) < 4.78 is 73.2. The average molecular weight is 444 g/mol. The fourth-order valence-electron chi connectivity index (χ4n) is 2.91. The van der Waals surface area contributed by atoms with Crippen LogP contribution in [0.3, 0.4) is 0 Å². The van der Waals surface area contributed by atoms with Crippen LogP contribution in [0.2, 0.25) is 0 Å². The molecule has 0 aliphatic heterocycles. The molecule has 4 aromatic rings. The van der Waals surface area contributed by atoms with E-state index in [1.165, 1.54) is 36.4 Å². The Morgan fingerprint density at radius 3 is 1.97 bits per heavy atom. The number of alkyl halides is 3. The number of benzene rings is 3. The number of rotatable bonds is 5. The van der Waals surface area contributed by atoms with Gasteiger partial charge in [-0.2, -0.15) is 4.98 Å². The van der Waals surface area contributed by atoms with Gasteiger partial charge in [0, 0.05) is 0 Å². The monoisotopic (exact) mass is 444 g/mol. The molecule has 0 N–H and O–H groups in total. The highest BCUT2D eigenvalue weighted by Gasteiger charge is 2.30. The first-order valence-electron chi connectivity index (χ1n) is 9.21. The van der Waals surface area contributed by atoms with Crippen molar-refractivity contribution in [3.05, 3.63) is 89.8 Å². The Kier molecular flexibility index (Phi) is 5.72. The van der Waals surface area contributed by atoms with E-state index in [4.69, 9.17) is 4.52 Å². The molecule has 4 rings (SSSR count). The molecule has 9 heteroatoms. The lowest BCUT2D eigenvalue weighted by Gasteiger charge is -2.09. The maximum atomic E-state index is 13.8. The van der Waals surface area contributed by atoms with Gasteiger partial charge in [-0.3, -0.25) is 0 Å². The Balaban J connectivity index is 1.46. The van der Waals surface area contributed by atoms with Crippen LogP contribution in [0.25, 0.3) is 34.7 Å². The highest BCUT2D eigenvalue weighted by Crippen LogP contribution is 2.27. The van der Waals surface area contributed by atoms with Gasteiger partial charge in [-0.25, -0.2) is 8.78 Å². The van der Waals surface area contributed by atoms with Crippen LogP contribution in [0.15, 0.2) is 71.3 Å². The SMILES string of the molecule is Fc1cccc(F)c1-c1nc(/C=C/c2ccc(-c3ccc(OC(F)(F)F)cc3)cc2)no1. The zero-order valence-corrected chi connectivity index (χ0v) is 16.1. The smallest absolute Gasteiger partial charge is 0.406 e. The van der Waals surface area contributed by atoms with Crippen molar-refractivity contribution in [1.82, 2.24) is 10.1 Å². The first-order chi connectivity index (χ1) is 15.3. The van der Waals surface area contributed by atoms with Crippen molar-refractivity contribution in [2.75, 3.05) is 0 Å². The molecular formula is C23H13F5N2O2. The van der Waals surface area contributed by atoms with Gasteiger partial charge in [0.05, 0.1) is 0 Å². The van der Waals surface area contributed by atoms with Gasteiger partial charge in [0.25, 0.3) is 5.89 Å². The van der Waals surface area contributed by atoms with Crippen LogP contribution in [-0.4, -0.2) is 16.5 Å². The molecule has 0 saturated carbocycles. The van der Waals surface area contributed by atoms with E-state index in [1.54, 1.807) is 30.3 Å². The van der Waals surface area contributed by atoms with E-state index in [0.29, 0.717) is 5.56 Å². The second-order valence-corrected chi connectivity index (χ2v) is 6.58. The van der Waals surface area contributed by atoms with Gasteiger partial charge < -0.3 is 9.26 Å². The maximum Gasteiger partial charge on any atom is 0.573 e. The van der Waals surface area contributed by atoms with E-state index in [0.717, 1.165) is 23.3 Å². The van der Waals surface area contributed by atoms with Crippen molar-refractivity contribution in [2.45, 2.75) is 6.36 Å². The summed E-state index contributed by atoms with van der Waals surface area (Å²) in [6, 6.07) is 16.1. The Morgan fingerprint density at radius 1 is 0.781 bits per heavy atom. The molecule has 0 fully saturated rings. The Hall–Kier alpha value is -4.01. The summed E-state index contributed by atoms with van der Waals surface area (Å²) in [7, 11) is 0. The third-order valence-electron chi connectivity index (χ3n) is 4.38. The van der Waals surface area contributed by atoms with Crippen molar-refractivity contribution in [2.24, 2.45) is 0 Å². The van der Waals surface area contributed by atoms with Gasteiger partial charge in [0.1, 0.15) is 22.9 Å². The predicted octanol–water partition coefficient (Wildman–Crippen LogP) is 6.75. The molecule has 0 amide bonds. The van der Waals surface area contributed by atoms with Crippen molar-refractivity contribution in [1.29, 1.82) is 0 Å². The minimum atomic E-state index is -4.74. The number of aromatic nitrogens is 2. The van der Waals surface area contributed by atoms with Crippen LogP contribution in [0, 0.1) is 11.6 Å². The molecule has 0 radical (unpaired) electrons. The molecular weight excluding hydrogens is 431 g/mol. The van der Waals surface area contributed by atoms with Gasteiger partial charge in [-0.15, -0.1) is 13.2 Å². The molecule has 4 nitrogen and oxygen atoms in total. The molecule has 32 heavy (non-hydrogen) atoms. The number of hydrogen-bond acceptors (Lipinski definition) is 4. The average Bonchev–Trinajstić information content (AvgIpc) is 3.20. The Bertz CT molecular complexity index is 1230. The van der Waals surface area contributed by atoms with Crippen LogP contribution in [0.4, 0.5) is 22.0 Å². The molecule has 0 unspecified atom stereocenters. The quantitative estimate of drug-likeness (QED) is 0.320. The fourth-order valence-corrected chi connectivity index (χ4v) is 2.91. The third-order valence-corrected chi connectivity index (χ3v) is 4.38. The van der Waals surface area contributed by atoms with Crippen molar-refractivity contribution in [3.63, 3.8) is 0 Å². The lowest BCUT2D eigenvalue weighted by Crippen LogP contribution is -2.16. The molecule has 1 heterocycles. The number of nitrogens with zero attached hydrogens (tertiary/aromatic N) is 2. The summed E-state index contributed by atoms with van der Waals surface area (Å²) in [5, 5.41) is 3.69. The van der Waals surface area contributed by atoms with Crippen LogP contribution in [0.1, 0.15) is 11.4 Å². The highest BCUT2D eigenvalue weighted by molar-refractivity contribution is 5.71. The first-order valence-corrected chi connectivity index (χ1v) is 9.21. The molecule has 0 aliphatic carbocycles. The van der Waals surface area contributed by atoms with Crippen molar-refractivity contribution < 1.29 is 31.2 Å². The summed E-state index contributed by atoms with van der Waals surface area (Å²) in [6.45, 7) is 0. The van der Waals surface area contributed by atoms with Gasteiger partial charge in [0.2, 0.25) is 0 Å². The molecule has 1 aromatic heterocycles. The second kappa shape index (κ2) is 8.62. The van der Waals surface area contributed by atoms with Crippen LogP contribution in [0.5, 0.6) is 5.75 Å². The zero-order chi connectivity index (χ0) is 22.7. The topological polar surface area (TPSA) is 48.2 Å². The van der Waals surface area contributed by atoms with Crippen LogP contribution >= 0.6 is 0 Å². The molecule has 162 valence electrons. The summed E-state index contributed by atoms with van der Waals surface area (Å²) in [4.78, 5) is 3.98. The third kappa shape index (κ3) is 5.00. The molecule has 0 aliphatic rings. The van der Waals surface area contributed by atoms with Crippen LogP contribution in [-0.2, 0) is 0 Å². The van der Waals surface area contributed by atoms with Crippen LogP contribution < -0.4 is 4.74 Å². The van der Waals surface area contributed by atoms with Crippen molar-refractivity contribution in [3.8, 4) is 28.3 Å². The first kappa shape index (κ1) is 21.2. The summed E-state index contributed by atoms with van der Waals surface area (Å²) in [5.41, 5.74) is 1.88. The number of halogens is 5. The Morgan fingerprint density at radius 2 is 1.38 bits per heavy atom. The predicted molar refractivity (Wildman–Crippen MR) is 107 cm³/mol. The minimum absolute atomic E-state index is 0.131. The lowest BCUT2D eigenvalue weighted by atomic mass is 10.0. The fraction of sp³-hybridized carbons (Fsp3) is 0.0435.